The second kappa shape index (κ2) is 4.65. The lowest BCUT2D eigenvalue weighted by atomic mass is 9.95. The van der Waals surface area contributed by atoms with Gasteiger partial charge in [0.25, 0.3) is 0 Å². The summed E-state index contributed by atoms with van der Waals surface area (Å²) in [4.78, 5) is 5.81. The Morgan fingerprint density at radius 2 is 2.22 bits per heavy atom. The summed E-state index contributed by atoms with van der Waals surface area (Å²) in [5.74, 6) is -1.17. The van der Waals surface area contributed by atoms with Crippen LogP contribution in [0.1, 0.15) is 19.4 Å². The first kappa shape index (κ1) is 13.0. The van der Waals surface area contributed by atoms with Crippen LogP contribution in [0.2, 0.25) is 0 Å². The van der Waals surface area contributed by atoms with E-state index >= 15 is 0 Å². The van der Waals surface area contributed by atoms with E-state index in [0.29, 0.717) is 12.1 Å². The molecule has 2 unspecified atom stereocenters. The van der Waals surface area contributed by atoms with Crippen molar-refractivity contribution < 1.29 is 13.5 Å². The lowest BCUT2D eigenvalue weighted by molar-refractivity contribution is -0.0336. The lowest BCUT2D eigenvalue weighted by Crippen LogP contribution is -2.29. The van der Waals surface area contributed by atoms with Crippen LogP contribution in [-0.2, 0) is 10.3 Å². The Labute approximate surface area is 105 Å². The number of ether oxygens (including phenoxy) is 1. The highest BCUT2D eigenvalue weighted by atomic mass is 19.1. The van der Waals surface area contributed by atoms with Crippen LogP contribution in [0.25, 0.3) is 0 Å². The van der Waals surface area contributed by atoms with Gasteiger partial charge in [-0.25, -0.2) is 8.78 Å². The van der Waals surface area contributed by atoms with Crippen LogP contribution in [0.15, 0.2) is 23.2 Å². The molecule has 1 saturated heterocycles. The van der Waals surface area contributed by atoms with E-state index in [4.69, 9.17) is 4.74 Å². The highest BCUT2D eigenvalue weighted by Gasteiger charge is 2.41. The Balaban J connectivity index is 2.33. The van der Waals surface area contributed by atoms with E-state index in [1.165, 1.54) is 12.1 Å². The largest absolute Gasteiger partial charge is 0.346 e. The molecule has 98 valence electrons. The Hall–Kier alpha value is -1.49. The molecule has 0 N–H and O–H groups in total. The van der Waals surface area contributed by atoms with Crippen molar-refractivity contribution in [2.75, 3.05) is 13.6 Å². The molecule has 3 nitrogen and oxygen atoms in total. The van der Waals surface area contributed by atoms with Crippen molar-refractivity contribution in [1.29, 1.82) is 0 Å². The van der Waals surface area contributed by atoms with Crippen LogP contribution in [0, 0.1) is 11.6 Å². The molecular formula is C13H16F2N2O. The van der Waals surface area contributed by atoms with Gasteiger partial charge >= 0.3 is 0 Å². The molecule has 0 bridgehead atoms. The van der Waals surface area contributed by atoms with Crippen LogP contribution in [0.4, 0.5) is 8.78 Å². The van der Waals surface area contributed by atoms with Crippen molar-refractivity contribution in [3.05, 3.63) is 35.4 Å². The van der Waals surface area contributed by atoms with Crippen LogP contribution < -0.4 is 0 Å². The van der Waals surface area contributed by atoms with E-state index in [2.05, 4.69) is 4.99 Å². The molecule has 0 aromatic heterocycles. The Morgan fingerprint density at radius 3 is 2.83 bits per heavy atom. The number of aliphatic imine (C=N–C) groups is 1. The Morgan fingerprint density at radius 1 is 1.50 bits per heavy atom. The SMILES string of the molecule is CN=CN1CC(C)(c2ccc(F)cc2F)OC1C. The van der Waals surface area contributed by atoms with Crippen LogP contribution in [0.5, 0.6) is 0 Å². The molecule has 1 aromatic carbocycles. The van der Waals surface area contributed by atoms with Crippen LogP contribution >= 0.6 is 0 Å². The summed E-state index contributed by atoms with van der Waals surface area (Å²) >= 11 is 0. The third-order valence-corrected chi connectivity index (χ3v) is 3.15. The van der Waals surface area contributed by atoms with Gasteiger partial charge in [0.05, 0.1) is 12.9 Å². The Bertz CT molecular complexity index is 478. The summed E-state index contributed by atoms with van der Waals surface area (Å²) in [6.07, 6.45) is 1.47. The first-order valence-electron chi connectivity index (χ1n) is 5.77. The second-order valence-corrected chi connectivity index (χ2v) is 4.62. The normalized spacial score (nSPS) is 28.3. The fourth-order valence-corrected chi connectivity index (χ4v) is 2.31. The molecule has 0 saturated carbocycles. The minimum absolute atomic E-state index is 0.192. The fourth-order valence-electron chi connectivity index (χ4n) is 2.31. The van der Waals surface area contributed by atoms with Crippen LogP contribution in [-0.4, -0.2) is 31.1 Å². The number of halogens is 2. The molecule has 0 radical (unpaired) electrons. The molecule has 0 aliphatic carbocycles. The maximum absolute atomic E-state index is 13.8. The van der Waals surface area contributed by atoms with Crippen molar-refractivity contribution in [2.45, 2.75) is 25.7 Å². The van der Waals surface area contributed by atoms with Gasteiger partial charge in [0, 0.05) is 18.7 Å². The van der Waals surface area contributed by atoms with Gasteiger partial charge in [-0.3, -0.25) is 4.99 Å². The summed E-state index contributed by atoms with van der Waals surface area (Å²) < 4.78 is 32.5. The van der Waals surface area contributed by atoms with Crippen molar-refractivity contribution in [2.24, 2.45) is 4.99 Å². The number of hydrogen-bond acceptors (Lipinski definition) is 2. The fraction of sp³-hybridized carbons (Fsp3) is 0.462. The van der Waals surface area contributed by atoms with Crippen molar-refractivity contribution in [1.82, 2.24) is 4.90 Å². The highest BCUT2D eigenvalue weighted by molar-refractivity contribution is 5.55. The molecule has 2 rings (SSSR count). The first-order chi connectivity index (χ1) is 8.46. The number of rotatable bonds is 2. The average Bonchev–Trinajstić information content (AvgIpc) is 2.55. The van der Waals surface area contributed by atoms with E-state index in [1.807, 2.05) is 11.8 Å². The molecule has 1 aliphatic rings. The zero-order valence-corrected chi connectivity index (χ0v) is 10.7. The molecule has 0 amide bonds. The zero-order valence-electron chi connectivity index (χ0n) is 10.7. The highest BCUT2D eigenvalue weighted by Crippen LogP contribution is 2.35. The topological polar surface area (TPSA) is 24.8 Å². The summed E-state index contributed by atoms with van der Waals surface area (Å²) in [7, 11) is 1.67. The molecule has 5 heteroatoms. The van der Waals surface area contributed by atoms with Gasteiger partial charge in [-0.15, -0.1) is 0 Å². The van der Waals surface area contributed by atoms with Crippen molar-refractivity contribution in [3.8, 4) is 0 Å². The molecular weight excluding hydrogens is 238 g/mol. The van der Waals surface area contributed by atoms with Gasteiger partial charge in [-0.1, -0.05) is 6.07 Å². The monoisotopic (exact) mass is 254 g/mol. The number of benzene rings is 1. The molecule has 1 heterocycles. The zero-order chi connectivity index (χ0) is 13.3. The van der Waals surface area contributed by atoms with E-state index in [9.17, 15) is 8.78 Å². The first-order valence-corrected chi connectivity index (χ1v) is 5.77. The van der Waals surface area contributed by atoms with Gasteiger partial charge in [-0.05, 0) is 19.9 Å². The van der Waals surface area contributed by atoms with E-state index in [-0.39, 0.29) is 6.23 Å². The maximum Gasteiger partial charge on any atom is 0.132 e. The molecule has 1 fully saturated rings. The second-order valence-electron chi connectivity index (χ2n) is 4.62. The molecule has 2 atom stereocenters. The predicted octanol–water partition coefficient (Wildman–Crippen LogP) is 2.52. The lowest BCUT2D eigenvalue weighted by Gasteiger charge is -2.23. The molecule has 18 heavy (non-hydrogen) atoms. The number of hydrogen-bond donors (Lipinski definition) is 0. The quantitative estimate of drug-likeness (QED) is 0.598. The summed E-state index contributed by atoms with van der Waals surface area (Å²) in [5, 5.41) is 0. The van der Waals surface area contributed by atoms with Gasteiger partial charge in [0.15, 0.2) is 0 Å². The minimum atomic E-state index is -0.793. The molecule has 1 aromatic rings. The van der Waals surface area contributed by atoms with Gasteiger partial charge in [0.2, 0.25) is 0 Å². The minimum Gasteiger partial charge on any atom is -0.346 e. The maximum atomic E-state index is 13.8. The molecule has 1 aliphatic heterocycles. The smallest absolute Gasteiger partial charge is 0.132 e. The Kier molecular flexibility index (Phi) is 3.34. The number of nitrogens with zero attached hydrogens (tertiary/aromatic N) is 2. The third-order valence-electron chi connectivity index (χ3n) is 3.15. The summed E-state index contributed by atoms with van der Waals surface area (Å²) in [6, 6.07) is 3.56. The van der Waals surface area contributed by atoms with E-state index < -0.39 is 17.2 Å². The summed E-state index contributed by atoms with van der Waals surface area (Å²) in [5.41, 5.74) is -0.430. The summed E-state index contributed by atoms with van der Waals surface area (Å²) in [6.45, 7) is 4.14. The average molecular weight is 254 g/mol. The van der Waals surface area contributed by atoms with Gasteiger partial charge in [0.1, 0.15) is 23.5 Å². The van der Waals surface area contributed by atoms with E-state index in [1.54, 1.807) is 20.3 Å². The third kappa shape index (κ3) is 2.22. The molecule has 0 spiro atoms. The van der Waals surface area contributed by atoms with Crippen LogP contribution in [0.3, 0.4) is 0 Å². The van der Waals surface area contributed by atoms with Crippen molar-refractivity contribution in [3.63, 3.8) is 0 Å². The van der Waals surface area contributed by atoms with Gasteiger partial charge in [-0.2, -0.15) is 0 Å². The standard InChI is InChI=1S/C13H16F2N2O/c1-9-17(8-16-3)7-13(2,18-9)11-5-4-10(14)6-12(11)15/h4-6,8-9H,7H2,1-3H3. The van der Waals surface area contributed by atoms with E-state index in [0.717, 1.165) is 6.07 Å². The predicted molar refractivity (Wildman–Crippen MR) is 65.4 cm³/mol. The van der Waals surface area contributed by atoms with Gasteiger partial charge < -0.3 is 9.64 Å². The van der Waals surface area contributed by atoms with Crippen molar-refractivity contribution >= 4 is 6.34 Å².